The Morgan fingerprint density at radius 3 is 2.24 bits per heavy atom. The molecule has 0 aromatic heterocycles. The summed E-state index contributed by atoms with van der Waals surface area (Å²) in [5.41, 5.74) is 3.69. The number of nitrogens with one attached hydrogen (secondary N) is 1. The highest BCUT2D eigenvalue weighted by molar-refractivity contribution is 6.16. The number of para-hydroxylation sites is 1. The topological polar surface area (TPSA) is 92.8 Å². The van der Waals surface area contributed by atoms with Crippen molar-refractivity contribution in [3.05, 3.63) is 137 Å². The molecule has 3 aliphatic heterocycles. The lowest BCUT2D eigenvalue weighted by molar-refractivity contribution is -0.131. The highest BCUT2D eigenvalue weighted by atomic mass is 16.5. The maximum absolute atomic E-state index is 15.0. The van der Waals surface area contributed by atoms with E-state index >= 15 is 0 Å². The van der Waals surface area contributed by atoms with Gasteiger partial charge >= 0.3 is 5.97 Å². The summed E-state index contributed by atoms with van der Waals surface area (Å²) in [7, 11) is 0. The van der Waals surface area contributed by atoms with Gasteiger partial charge < -0.3 is 15.0 Å². The number of hydrogen-bond donors (Lipinski definition) is 1. The molecule has 0 radical (unpaired) electrons. The van der Waals surface area contributed by atoms with E-state index in [0.717, 1.165) is 29.5 Å². The summed E-state index contributed by atoms with van der Waals surface area (Å²) in [5.74, 6) is -2.07. The van der Waals surface area contributed by atoms with Crippen LogP contribution in [0.1, 0.15) is 69.3 Å². The second-order valence-electron chi connectivity index (χ2n) is 11.9. The molecule has 4 aromatic rings. The van der Waals surface area contributed by atoms with Gasteiger partial charge in [0.2, 0.25) is 5.91 Å². The molecule has 4 atom stereocenters. The number of hydrogen-bond acceptors (Lipinski definition) is 6. The predicted octanol–water partition coefficient (Wildman–Crippen LogP) is 6.55. The maximum atomic E-state index is 15.0. The van der Waals surface area contributed by atoms with Crippen LogP contribution in [-0.4, -0.2) is 34.4 Å². The molecule has 3 heterocycles. The first-order chi connectivity index (χ1) is 21.8. The first-order valence-electron chi connectivity index (χ1n) is 15.3. The fourth-order valence-corrected chi connectivity index (χ4v) is 7.50. The molecule has 0 bridgehead atoms. The van der Waals surface area contributed by atoms with E-state index < -0.39 is 29.4 Å². The number of ether oxygens (including phenoxy) is 1. The average molecular weight is 597 g/mol. The standard InChI is InChI=1S/C38H32N2O5/c1-3-8-24-13-15-26(16-14-24)34(42)32-33(35(43)27-17-19-28(20-18-27)45-23(2)41)40-22-21-25-9-4-5-10-29(25)36(40)38(32)30-11-6-7-12-31(30)39-37(38)44/h4-7,9-22,32-33,36H,3,8H2,1-2H3,(H,39,44)/t32-,33+,36-,38-/m0/s1. The average Bonchev–Trinajstić information content (AvgIpc) is 3.53. The molecule has 1 N–H and O–H groups in total. The van der Waals surface area contributed by atoms with Gasteiger partial charge in [-0.25, -0.2) is 0 Å². The number of aryl methyl sites for hydroxylation is 1. The number of rotatable bonds is 7. The third kappa shape index (κ3) is 4.41. The van der Waals surface area contributed by atoms with Crippen molar-refractivity contribution in [3.63, 3.8) is 0 Å². The molecule has 1 saturated heterocycles. The first kappa shape index (κ1) is 28.5. The molecule has 45 heavy (non-hydrogen) atoms. The number of ketones is 2. The Morgan fingerprint density at radius 2 is 1.51 bits per heavy atom. The minimum atomic E-state index is -1.39. The monoisotopic (exact) mass is 596 g/mol. The van der Waals surface area contributed by atoms with Crippen LogP contribution in [0.15, 0.2) is 103 Å². The van der Waals surface area contributed by atoms with Crippen LogP contribution < -0.4 is 10.1 Å². The summed E-state index contributed by atoms with van der Waals surface area (Å²) in [6, 6.07) is 27.6. The molecule has 7 rings (SSSR count). The van der Waals surface area contributed by atoms with Gasteiger partial charge in [-0.2, -0.15) is 0 Å². The van der Waals surface area contributed by atoms with Gasteiger partial charge in [0.25, 0.3) is 0 Å². The summed E-state index contributed by atoms with van der Waals surface area (Å²) in [6.45, 7) is 3.42. The third-order valence-electron chi connectivity index (χ3n) is 9.30. The van der Waals surface area contributed by atoms with Crippen molar-refractivity contribution in [2.75, 3.05) is 5.32 Å². The van der Waals surface area contributed by atoms with Crippen LogP contribution in [-0.2, 0) is 21.4 Å². The molecule has 224 valence electrons. The molecule has 0 saturated carbocycles. The van der Waals surface area contributed by atoms with Crippen LogP contribution in [0.3, 0.4) is 0 Å². The Hall–Kier alpha value is -5.30. The van der Waals surface area contributed by atoms with Crippen molar-refractivity contribution < 1.29 is 23.9 Å². The number of esters is 1. The Balaban J connectivity index is 1.45. The SMILES string of the molecule is CCCc1ccc(C(=O)[C@@H]2[C@H](C(=O)c3ccc(OC(C)=O)cc3)N3C=Cc4ccccc4[C@H]3[C@@]23C(=O)Nc2ccccc23)cc1. The largest absolute Gasteiger partial charge is 0.427 e. The van der Waals surface area contributed by atoms with E-state index in [2.05, 4.69) is 12.2 Å². The third-order valence-corrected chi connectivity index (χ3v) is 9.30. The maximum Gasteiger partial charge on any atom is 0.308 e. The highest BCUT2D eigenvalue weighted by Gasteiger charge is 2.70. The van der Waals surface area contributed by atoms with E-state index in [1.54, 1.807) is 24.3 Å². The summed E-state index contributed by atoms with van der Waals surface area (Å²) in [4.78, 5) is 57.7. The number of carbonyl (C=O) groups excluding carboxylic acids is 4. The second-order valence-corrected chi connectivity index (χ2v) is 11.9. The summed E-state index contributed by atoms with van der Waals surface area (Å²) < 4.78 is 5.19. The van der Waals surface area contributed by atoms with Crippen LogP contribution in [0.2, 0.25) is 0 Å². The number of fused-ring (bicyclic) bond motifs is 6. The Kier molecular flexibility index (Phi) is 6.96. The number of nitrogens with zero attached hydrogens (tertiary/aromatic N) is 1. The molecule has 4 aromatic carbocycles. The van der Waals surface area contributed by atoms with E-state index in [-0.39, 0.29) is 17.5 Å². The number of Topliss-reactive ketones (excluding diaryl/α,β-unsaturated/α-hetero) is 2. The Morgan fingerprint density at radius 1 is 0.844 bits per heavy atom. The summed E-state index contributed by atoms with van der Waals surface area (Å²) in [5, 5.41) is 3.08. The van der Waals surface area contributed by atoms with Crippen molar-refractivity contribution in [3.8, 4) is 5.75 Å². The lowest BCUT2D eigenvalue weighted by atomic mass is 9.62. The van der Waals surface area contributed by atoms with Crippen molar-refractivity contribution in [2.45, 2.75) is 44.2 Å². The van der Waals surface area contributed by atoms with Gasteiger partial charge in [0, 0.05) is 29.9 Å². The van der Waals surface area contributed by atoms with Crippen molar-refractivity contribution >= 4 is 35.2 Å². The molecular formula is C38H32N2O5. The Bertz CT molecular complexity index is 1880. The van der Waals surface area contributed by atoms with Crippen LogP contribution in [0, 0.1) is 5.92 Å². The molecule has 1 amide bonds. The van der Waals surface area contributed by atoms with Crippen molar-refractivity contribution in [1.82, 2.24) is 4.90 Å². The molecule has 0 unspecified atom stereocenters. The van der Waals surface area contributed by atoms with Crippen LogP contribution >= 0.6 is 0 Å². The first-order valence-corrected chi connectivity index (χ1v) is 15.3. The van der Waals surface area contributed by atoms with Crippen molar-refractivity contribution in [1.29, 1.82) is 0 Å². The molecule has 0 aliphatic carbocycles. The van der Waals surface area contributed by atoms with E-state index in [0.29, 0.717) is 28.1 Å². The lowest BCUT2D eigenvalue weighted by Gasteiger charge is -2.38. The fraction of sp³-hybridized carbons (Fsp3) is 0.211. The summed E-state index contributed by atoms with van der Waals surface area (Å²) in [6.07, 6.45) is 5.66. The van der Waals surface area contributed by atoms with Gasteiger partial charge in [0.05, 0.1) is 12.0 Å². The zero-order valence-corrected chi connectivity index (χ0v) is 25.0. The van der Waals surface area contributed by atoms with Gasteiger partial charge in [0.1, 0.15) is 17.2 Å². The van der Waals surface area contributed by atoms with E-state index in [1.165, 1.54) is 6.92 Å². The summed E-state index contributed by atoms with van der Waals surface area (Å²) >= 11 is 0. The minimum absolute atomic E-state index is 0.264. The quantitative estimate of drug-likeness (QED) is 0.148. The zero-order valence-electron chi connectivity index (χ0n) is 25.0. The molecule has 3 aliphatic rings. The number of amides is 1. The normalized spacial score (nSPS) is 22.4. The fourth-order valence-electron chi connectivity index (χ4n) is 7.50. The van der Waals surface area contributed by atoms with E-state index in [1.807, 2.05) is 90.0 Å². The van der Waals surface area contributed by atoms with E-state index in [4.69, 9.17) is 4.74 Å². The molecule has 1 spiro atoms. The van der Waals surface area contributed by atoms with Gasteiger partial charge in [-0.05, 0) is 65.1 Å². The Labute approximate surface area is 261 Å². The van der Waals surface area contributed by atoms with Gasteiger partial charge in [0.15, 0.2) is 11.6 Å². The zero-order chi connectivity index (χ0) is 31.3. The highest BCUT2D eigenvalue weighted by Crippen LogP contribution is 2.62. The predicted molar refractivity (Wildman–Crippen MR) is 171 cm³/mol. The van der Waals surface area contributed by atoms with Crippen LogP contribution in [0.4, 0.5) is 5.69 Å². The molecular weight excluding hydrogens is 564 g/mol. The number of anilines is 1. The second kappa shape index (κ2) is 11.0. The van der Waals surface area contributed by atoms with Crippen LogP contribution in [0.5, 0.6) is 5.75 Å². The van der Waals surface area contributed by atoms with Gasteiger partial charge in [-0.3, -0.25) is 19.2 Å². The molecule has 7 nitrogen and oxygen atoms in total. The number of benzene rings is 4. The van der Waals surface area contributed by atoms with Crippen LogP contribution in [0.25, 0.3) is 6.08 Å². The van der Waals surface area contributed by atoms with E-state index in [9.17, 15) is 19.2 Å². The van der Waals surface area contributed by atoms with Gasteiger partial charge in [-0.15, -0.1) is 0 Å². The lowest BCUT2D eigenvalue weighted by Crippen LogP contribution is -2.49. The van der Waals surface area contributed by atoms with Gasteiger partial charge in [-0.1, -0.05) is 80.1 Å². The smallest absolute Gasteiger partial charge is 0.308 e. The van der Waals surface area contributed by atoms with Crippen molar-refractivity contribution in [2.24, 2.45) is 5.92 Å². The minimum Gasteiger partial charge on any atom is -0.427 e. The number of carbonyl (C=O) groups is 4. The molecule has 7 heteroatoms. The molecule has 1 fully saturated rings.